The molecule has 15 heavy (non-hydrogen) atoms. The first-order valence-electron chi connectivity index (χ1n) is 4.58. The molecule has 80 valence electrons. The van der Waals surface area contributed by atoms with Crippen molar-refractivity contribution in [1.29, 1.82) is 0 Å². The zero-order chi connectivity index (χ0) is 11.2. The van der Waals surface area contributed by atoms with E-state index in [0.717, 1.165) is 17.0 Å². The number of rotatable bonds is 1. The van der Waals surface area contributed by atoms with Crippen LogP contribution in [-0.2, 0) is 0 Å². The van der Waals surface area contributed by atoms with Crippen LogP contribution < -0.4 is 0 Å². The molecule has 1 aromatic carbocycles. The molecule has 0 saturated heterocycles. The number of thiophene rings is 1. The molecule has 0 amide bonds. The van der Waals surface area contributed by atoms with Crippen LogP contribution in [0, 0.1) is 11.6 Å². The standard InChI is InChI=1S/C11H9ClF2S/c1-5(2)10-9(12)8-6(13)3-4-7(14)11(8)15-10/h3-5H,1-2H3. The number of fused-ring (bicyclic) bond motifs is 1. The smallest absolute Gasteiger partial charge is 0.141 e. The van der Waals surface area contributed by atoms with Gasteiger partial charge >= 0.3 is 0 Å². The van der Waals surface area contributed by atoms with Crippen molar-refractivity contribution in [2.75, 3.05) is 0 Å². The van der Waals surface area contributed by atoms with Crippen LogP contribution in [0.5, 0.6) is 0 Å². The second-order valence-corrected chi connectivity index (χ2v) is 5.10. The maximum atomic E-state index is 13.5. The average molecular weight is 247 g/mol. The quantitative estimate of drug-likeness (QED) is 0.667. The summed E-state index contributed by atoms with van der Waals surface area (Å²) >= 11 is 7.26. The fraction of sp³-hybridized carbons (Fsp3) is 0.273. The monoisotopic (exact) mass is 246 g/mol. The van der Waals surface area contributed by atoms with E-state index >= 15 is 0 Å². The van der Waals surface area contributed by atoms with E-state index in [0.29, 0.717) is 9.72 Å². The lowest BCUT2D eigenvalue weighted by Crippen LogP contribution is -1.82. The molecule has 0 aliphatic rings. The topological polar surface area (TPSA) is 0 Å². The van der Waals surface area contributed by atoms with Gasteiger partial charge < -0.3 is 0 Å². The zero-order valence-electron chi connectivity index (χ0n) is 8.27. The Morgan fingerprint density at radius 1 is 1.20 bits per heavy atom. The molecule has 0 fully saturated rings. The Morgan fingerprint density at radius 3 is 2.33 bits per heavy atom. The largest absolute Gasteiger partial charge is 0.206 e. The maximum Gasteiger partial charge on any atom is 0.141 e. The van der Waals surface area contributed by atoms with Gasteiger partial charge in [0.1, 0.15) is 11.6 Å². The van der Waals surface area contributed by atoms with Gasteiger partial charge in [0, 0.05) is 4.88 Å². The van der Waals surface area contributed by atoms with E-state index in [1.54, 1.807) is 0 Å². The van der Waals surface area contributed by atoms with E-state index in [2.05, 4.69) is 0 Å². The highest BCUT2D eigenvalue weighted by atomic mass is 35.5. The van der Waals surface area contributed by atoms with Gasteiger partial charge in [0.25, 0.3) is 0 Å². The summed E-state index contributed by atoms with van der Waals surface area (Å²) in [4.78, 5) is 0.829. The fourth-order valence-electron chi connectivity index (χ4n) is 1.49. The van der Waals surface area contributed by atoms with Crippen molar-refractivity contribution in [3.8, 4) is 0 Å². The summed E-state index contributed by atoms with van der Waals surface area (Å²) in [6, 6.07) is 2.25. The minimum Gasteiger partial charge on any atom is -0.206 e. The van der Waals surface area contributed by atoms with Crippen molar-refractivity contribution < 1.29 is 8.78 Å². The van der Waals surface area contributed by atoms with Gasteiger partial charge in [-0.05, 0) is 18.1 Å². The first-order chi connectivity index (χ1) is 7.02. The molecule has 0 nitrogen and oxygen atoms in total. The molecule has 0 aliphatic heterocycles. The highest BCUT2D eigenvalue weighted by Crippen LogP contribution is 2.41. The fourth-order valence-corrected chi connectivity index (χ4v) is 3.18. The van der Waals surface area contributed by atoms with Crippen LogP contribution in [0.2, 0.25) is 5.02 Å². The van der Waals surface area contributed by atoms with Crippen molar-refractivity contribution >= 4 is 33.0 Å². The van der Waals surface area contributed by atoms with Crippen molar-refractivity contribution in [1.82, 2.24) is 0 Å². The van der Waals surface area contributed by atoms with Crippen LogP contribution >= 0.6 is 22.9 Å². The molecule has 0 bridgehead atoms. The van der Waals surface area contributed by atoms with Gasteiger partial charge in [0.05, 0.1) is 15.1 Å². The van der Waals surface area contributed by atoms with Crippen LogP contribution in [0.25, 0.3) is 10.1 Å². The van der Waals surface area contributed by atoms with Crippen LogP contribution in [0.15, 0.2) is 12.1 Å². The minimum absolute atomic E-state index is 0.175. The summed E-state index contributed by atoms with van der Waals surface area (Å²) in [7, 11) is 0. The van der Waals surface area contributed by atoms with Gasteiger partial charge in [-0.25, -0.2) is 8.78 Å². The minimum atomic E-state index is -0.459. The molecule has 0 aliphatic carbocycles. The first-order valence-corrected chi connectivity index (χ1v) is 5.77. The van der Waals surface area contributed by atoms with Gasteiger partial charge in [-0.3, -0.25) is 0 Å². The van der Waals surface area contributed by atoms with Crippen LogP contribution in [0.4, 0.5) is 8.78 Å². The summed E-state index contributed by atoms with van der Waals surface area (Å²) in [5.74, 6) is -0.696. The highest BCUT2D eigenvalue weighted by molar-refractivity contribution is 7.19. The van der Waals surface area contributed by atoms with E-state index in [1.807, 2.05) is 13.8 Å². The van der Waals surface area contributed by atoms with Gasteiger partial charge in [-0.15, -0.1) is 11.3 Å². The molecule has 0 spiro atoms. The van der Waals surface area contributed by atoms with Crippen molar-refractivity contribution in [2.45, 2.75) is 19.8 Å². The van der Waals surface area contributed by atoms with Crippen LogP contribution in [0.3, 0.4) is 0 Å². The van der Waals surface area contributed by atoms with E-state index in [1.165, 1.54) is 11.3 Å². The molecule has 4 heteroatoms. The van der Waals surface area contributed by atoms with E-state index in [4.69, 9.17) is 11.6 Å². The molecular weight excluding hydrogens is 238 g/mol. The van der Waals surface area contributed by atoms with Crippen molar-refractivity contribution in [2.24, 2.45) is 0 Å². The molecule has 2 aromatic rings. The number of hydrogen-bond donors (Lipinski definition) is 0. The highest BCUT2D eigenvalue weighted by Gasteiger charge is 2.18. The first kappa shape index (κ1) is 10.8. The van der Waals surface area contributed by atoms with E-state index in [9.17, 15) is 8.78 Å². The SMILES string of the molecule is CC(C)c1sc2c(F)ccc(F)c2c1Cl. The number of benzene rings is 1. The molecule has 0 saturated carbocycles. The Kier molecular flexibility index (Phi) is 2.69. The molecular formula is C11H9ClF2S. The molecule has 1 aromatic heterocycles. The molecule has 1 heterocycles. The molecule has 0 unspecified atom stereocenters. The molecule has 0 N–H and O–H groups in total. The third kappa shape index (κ3) is 1.64. The van der Waals surface area contributed by atoms with Crippen molar-refractivity contribution in [3.05, 3.63) is 33.7 Å². The summed E-state index contributed by atoms with van der Waals surface area (Å²) in [6.07, 6.45) is 0. The number of hydrogen-bond acceptors (Lipinski definition) is 1. The predicted molar refractivity (Wildman–Crippen MR) is 60.8 cm³/mol. The van der Waals surface area contributed by atoms with Gasteiger partial charge in [-0.2, -0.15) is 0 Å². The maximum absolute atomic E-state index is 13.5. The lowest BCUT2D eigenvalue weighted by molar-refractivity contribution is 0.619. The second kappa shape index (κ2) is 3.72. The Hall–Kier alpha value is -0.670. The van der Waals surface area contributed by atoms with Crippen molar-refractivity contribution in [3.63, 3.8) is 0 Å². The summed E-state index contributed by atoms with van der Waals surface area (Å²) in [5, 5.41) is 0.562. The van der Waals surface area contributed by atoms with Gasteiger partial charge in [0.15, 0.2) is 0 Å². The van der Waals surface area contributed by atoms with Crippen LogP contribution in [-0.4, -0.2) is 0 Å². The second-order valence-electron chi connectivity index (χ2n) is 3.67. The lowest BCUT2D eigenvalue weighted by Gasteiger charge is -2.00. The van der Waals surface area contributed by atoms with Gasteiger partial charge in [-0.1, -0.05) is 25.4 Å². The Labute approximate surface area is 95.5 Å². The third-order valence-corrected chi connectivity index (χ3v) is 4.23. The number of halogens is 3. The summed E-state index contributed by atoms with van der Waals surface area (Å²) in [6.45, 7) is 3.90. The lowest BCUT2D eigenvalue weighted by atomic mass is 10.1. The summed E-state index contributed by atoms with van der Waals surface area (Å²) in [5.41, 5.74) is 0. The van der Waals surface area contributed by atoms with E-state index < -0.39 is 11.6 Å². The van der Waals surface area contributed by atoms with Gasteiger partial charge in [0.2, 0.25) is 0 Å². The molecule has 2 rings (SSSR count). The zero-order valence-corrected chi connectivity index (χ0v) is 9.85. The Balaban J connectivity index is 2.87. The van der Waals surface area contributed by atoms with Crippen LogP contribution in [0.1, 0.15) is 24.6 Å². The Bertz CT molecular complexity index is 517. The molecule has 0 radical (unpaired) electrons. The molecule has 0 atom stereocenters. The normalized spacial score (nSPS) is 11.6. The summed E-state index contributed by atoms with van der Waals surface area (Å²) < 4.78 is 27.2. The predicted octanol–water partition coefficient (Wildman–Crippen LogP) is 4.96. The van der Waals surface area contributed by atoms with E-state index in [-0.39, 0.29) is 11.3 Å². The average Bonchev–Trinajstić information content (AvgIpc) is 2.51. The Morgan fingerprint density at radius 2 is 1.80 bits per heavy atom. The third-order valence-electron chi connectivity index (χ3n) is 2.23.